The van der Waals surface area contributed by atoms with Crippen molar-refractivity contribution in [3.63, 3.8) is 0 Å². The number of nitrogens with zero attached hydrogens (tertiary/aromatic N) is 1. The summed E-state index contributed by atoms with van der Waals surface area (Å²) in [5, 5.41) is 23.8. The van der Waals surface area contributed by atoms with Crippen molar-refractivity contribution in [3.05, 3.63) is 29.8 Å². The van der Waals surface area contributed by atoms with Crippen LogP contribution in [0.1, 0.15) is 25.3 Å². The van der Waals surface area contributed by atoms with E-state index in [0.29, 0.717) is 19.5 Å². The Kier molecular flexibility index (Phi) is 6.43. The minimum atomic E-state index is -0.819. The van der Waals surface area contributed by atoms with Crippen LogP contribution in [0.5, 0.6) is 5.75 Å². The Bertz CT molecular complexity index is 555. The number of likely N-dealkylation sites (N-methyl/N-ethyl adjacent to an activating group) is 1. The quantitative estimate of drug-likeness (QED) is 0.571. The first-order valence-corrected chi connectivity index (χ1v) is 8.26. The number of aliphatic carboxylic acids is 1. The van der Waals surface area contributed by atoms with Gasteiger partial charge in [0.25, 0.3) is 0 Å². The van der Waals surface area contributed by atoms with Crippen LogP contribution in [0.25, 0.3) is 0 Å². The maximum Gasteiger partial charge on any atom is 0.317 e. The van der Waals surface area contributed by atoms with Crippen LogP contribution < -0.4 is 10.6 Å². The molecule has 0 aliphatic heterocycles. The van der Waals surface area contributed by atoms with E-state index in [2.05, 4.69) is 10.6 Å². The third-order valence-electron chi connectivity index (χ3n) is 4.34. The predicted octanol–water partition coefficient (Wildman–Crippen LogP) is 1.17. The summed E-state index contributed by atoms with van der Waals surface area (Å²) in [6.45, 7) is 3.21. The molecule has 1 fully saturated rings. The van der Waals surface area contributed by atoms with Crippen LogP contribution in [0.2, 0.25) is 0 Å². The number of hydrogen-bond acceptors (Lipinski definition) is 4. The highest BCUT2D eigenvalue weighted by molar-refractivity contribution is 5.74. The van der Waals surface area contributed by atoms with Gasteiger partial charge < -0.3 is 20.8 Å². The molecule has 0 atom stereocenters. The molecule has 132 valence electrons. The third-order valence-corrected chi connectivity index (χ3v) is 4.34. The van der Waals surface area contributed by atoms with Gasteiger partial charge in [-0.2, -0.15) is 0 Å². The number of hydrogen-bond donors (Lipinski definition) is 4. The summed E-state index contributed by atoms with van der Waals surface area (Å²) >= 11 is 0. The van der Waals surface area contributed by atoms with Gasteiger partial charge in [-0.25, -0.2) is 4.79 Å². The molecule has 0 heterocycles. The van der Waals surface area contributed by atoms with Crippen molar-refractivity contribution in [2.24, 2.45) is 0 Å². The second-order valence-electron chi connectivity index (χ2n) is 6.10. The van der Waals surface area contributed by atoms with Crippen molar-refractivity contribution in [3.8, 4) is 5.75 Å². The van der Waals surface area contributed by atoms with Crippen molar-refractivity contribution >= 4 is 12.0 Å². The lowest BCUT2D eigenvalue weighted by Crippen LogP contribution is -2.56. The molecule has 7 nitrogen and oxygen atoms in total. The molecular weight excluding hydrogens is 310 g/mol. The zero-order valence-corrected chi connectivity index (χ0v) is 13.9. The van der Waals surface area contributed by atoms with Gasteiger partial charge in [-0.1, -0.05) is 19.1 Å². The molecule has 0 saturated heterocycles. The summed E-state index contributed by atoms with van der Waals surface area (Å²) < 4.78 is 0. The second-order valence-corrected chi connectivity index (χ2v) is 6.10. The Morgan fingerprint density at radius 2 is 1.92 bits per heavy atom. The van der Waals surface area contributed by atoms with Gasteiger partial charge in [0.1, 0.15) is 5.75 Å². The second kappa shape index (κ2) is 8.54. The molecule has 4 N–H and O–H groups in total. The third kappa shape index (κ3) is 5.42. The van der Waals surface area contributed by atoms with Gasteiger partial charge >= 0.3 is 12.0 Å². The normalized spacial score (nSPS) is 19.6. The highest BCUT2D eigenvalue weighted by Gasteiger charge is 2.34. The number of carbonyl (C=O) groups is 2. The number of aromatic hydroxyl groups is 1. The monoisotopic (exact) mass is 335 g/mol. The van der Waals surface area contributed by atoms with Crippen LogP contribution in [-0.4, -0.2) is 58.8 Å². The number of phenolic OH excluding ortho intramolecular Hbond substituents is 1. The molecule has 1 aromatic carbocycles. The highest BCUT2D eigenvalue weighted by atomic mass is 16.4. The highest BCUT2D eigenvalue weighted by Crippen LogP contribution is 2.25. The fraction of sp³-hybridized carbons (Fsp3) is 0.529. The molecule has 0 bridgehead atoms. The minimum absolute atomic E-state index is 0.0483. The van der Waals surface area contributed by atoms with E-state index in [1.165, 1.54) is 0 Å². The molecule has 7 heteroatoms. The lowest BCUT2D eigenvalue weighted by Gasteiger charge is -2.42. The van der Waals surface area contributed by atoms with Gasteiger partial charge in [-0.15, -0.1) is 0 Å². The molecule has 0 aromatic heterocycles. The first kappa shape index (κ1) is 18.1. The number of rotatable bonds is 8. The SMILES string of the molecule is CCN(CC(=O)O)C1CC(NC(=O)NCCc2ccc(O)cc2)C1. The molecule has 1 aliphatic rings. The fourth-order valence-corrected chi connectivity index (χ4v) is 2.90. The smallest absolute Gasteiger partial charge is 0.317 e. The van der Waals surface area contributed by atoms with Crippen LogP contribution in [0.4, 0.5) is 4.79 Å². The van der Waals surface area contributed by atoms with E-state index in [1.54, 1.807) is 12.1 Å². The summed E-state index contributed by atoms with van der Waals surface area (Å²) in [7, 11) is 0. The Hall–Kier alpha value is -2.28. The van der Waals surface area contributed by atoms with Crippen molar-refractivity contribution < 1.29 is 19.8 Å². The zero-order valence-electron chi connectivity index (χ0n) is 13.9. The largest absolute Gasteiger partial charge is 0.508 e. The van der Waals surface area contributed by atoms with Crippen molar-refractivity contribution in [1.29, 1.82) is 0 Å². The van der Waals surface area contributed by atoms with Gasteiger partial charge in [0.05, 0.1) is 6.54 Å². The van der Waals surface area contributed by atoms with Crippen LogP contribution >= 0.6 is 0 Å². The van der Waals surface area contributed by atoms with Gasteiger partial charge in [0.2, 0.25) is 0 Å². The number of urea groups is 1. The van der Waals surface area contributed by atoms with Crippen LogP contribution in [0.15, 0.2) is 24.3 Å². The zero-order chi connectivity index (χ0) is 17.5. The fourth-order valence-electron chi connectivity index (χ4n) is 2.90. The molecule has 24 heavy (non-hydrogen) atoms. The number of carboxylic acid groups (broad SMARTS) is 1. The van der Waals surface area contributed by atoms with Gasteiger partial charge in [0.15, 0.2) is 0 Å². The van der Waals surface area contributed by atoms with Crippen molar-refractivity contribution in [2.45, 2.75) is 38.3 Å². The first-order chi connectivity index (χ1) is 11.5. The molecule has 0 radical (unpaired) electrons. The number of nitrogens with one attached hydrogen (secondary N) is 2. The molecule has 1 aliphatic carbocycles. The van der Waals surface area contributed by atoms with Gasteiger partial charge in [-0.05, 0) is 43.5 Å². The van der Waals surface area contributed by atoms with E-state index >= 15 is 0 Å². The molecular formula is C17H25N3O4. The number of carbonyl (C=O) groups excluding carboxylic acids is 1. The van der Waals surface area contributed by atoms with E-state index < -0.39 is 5.97 Å². The van der Waals surface area contributed by atoms with Crippen LogP contribution in [-0.2, 0) is 11.2 Å². The van der Waals surface area contributed by atoms with E-state index in [1.807, 2.05) is 24.0 Å². The summed E-state index contributed by atoms with van der Waals surface area (Å²) in [5.41, 5.74) is 1.05. The Morgan fingerprint density at radius 3 is 2.50 bits per heavy atom. The van der Waals surface area contributed by atoms with E-state index in [4.69, 9.17) is 5.11 Å². The maximum absolute atomic E-state index is 11.8. The first-order valence-electron chi connectivity index (χ1n) is 8.26. The molecule has 1 aromatic rings. The Balaban J connectivity index is 1.62. The van der Waals surface area contributed by atoms with E-state index in [9.17, 15) is 14.7 Å². The molecule has 2 amide bonds. The predicted molar refractivity (Wildman–Crippen MR) is 90.0 cm³/mol. The molecule has 2 rings (SSSR count). The van der Waals surface area contributed by atoms with Crippen molar-refractivity contribution in [2.75, 3.05) is 19.6 Å². The number of benzene rings is 1. The standard InChI is InChI=1S/C17H25N3O4/c1-2-20(11-16(22)23)14-9-13(10-14)19-17(24)18-8-7-12-3-5-15(21)6-4-12/h3-6,13-14,21H,2,7-11H2,1H3,(H,22,23)(H2,18,19,24). The lowest BCUT2D eigenvalue weighted by molar-refractivity contribution is -0.139. The average Bonchev–Trinajstić information content (AvgIpc) is 2.50. The molecule has 0 unspecified atom stereocenters. The van der Waals surface area contributed by atoms with Gasteiger partial charge in [0, 0.05) is 18.6 Å². The minimum Gasteiger partial charge on any atom is -0.508 e. The lowest BCUT2D eigenvalue weighted by atomic mass is 9.85. The van der Waals surface area contributed by atoms with Crippen LogP contribution in [0.3, 0.4) is 0 Å². The van der Waals surface area contributed by atoms with E-state index in [0.717, 1.165) is 18.4 Å². The Morgan fingerprint density at radius 1 is 1.25 bits per heavy atom. The summed E-state index contributed by atoms with van der Waals surface area (Å²) in [5.74, 6) is -0.590. The number of carboxylic acids is 1. The van der Waals surface area contributed by atoms with E-state index in [-0.39, 0.29) is 30.4 Å². The maximum atomic E-state index is 11.8. The topological polar surface area (TPSA) is 102 Å². The number of amides is 2. The molecule has 0 spiro atoms. The number of phenols is 1. The van der Waals surface area contributed by atoms with Gasteiger partial charge in [-0.3, -0.25) is 9.69 Å². The van der Waals surface area contributed by atoms with Crippen LogP contribution in [0, 0.1) is 0 Å². The molecule has 1 saturated carbocycles. The summed E-state index contributed by atoms with van der Waals surface area (Å²) in [6, 6.07) is 7.04. The Labute approximate surface area is 141 Å². The average molecular weight is 335 g/mol. The summed E-state index contributed by atoms with van der Waals surface area (Å²) in [6.07, 6.45) is 2.27. The summed E-state index contributed by atoms with van der Waals surface area (Å²) in [4.78, 5) is 24.6. The van der Waals surface area contributed by atoms with Crippen molar-refractivity contribution in [1.82, 2.24) is 15.5 Å².